The normalized spacial score (nSPS) is 12.5. The molecule has 0 bridgehead atoms. The maximum absolute atomic E-state index is 13.5. The largest absolute Gasteiger partial charge is 0.486 e. The Balaban J connectivity index is 1.22. The van der Waals surface area contributed by atoms with E-state index in [0.717, 1.165) is 10.9 Å². The van der Waals surface area contributed by atoms with E-state index in [0.29, 0.717) is 50.1 Å². The van der Waals surface area contributed by atoms with Gasteiger partial charge in [-0.05, 0) is 71.8 Å². The van der Waals surface area contributed by atoms with Crippen molar-refractivity contribution in [2.24, 2.45) is 5.10 Å². The topological polar surface area (TPSA) is 88.1 Å². The molecule has 0 N–H and O–H groups in total. The Hall–Kier alpha value is -4.50. The SMILES string of the molecule is O=c1c2ccccc2nc(-c2cc3cc(Cl)ccc3o2)n1N=Cc1cc(Cl)c(OCc2ccc3c(c2)OCO3)c(Cl)c1. The number of para-hydroxylation sites is 1. The Kier molecular flexibility index (Phi) is 6.74. The summed E-state index contributed by atoms with van der Waals surface area (Å²) in [6.45, 7) is 0.407. The van der Waals surface area contributed by atoms with Crippen LogP contribution in [0, 0.1) is 0 Å². The number of furan rings is 1. The van der Waals surface area contributed by atoms with Gasteiger partial charge in [0.05, 0.1) is 27.2 Å². The summed E-state index contributed by atoms with van der Waals surface area (Å²) in [5.41, 5.74) is 2.15. The summed E-state index contributed by atoms with van der Waals surface area (Å²) in [5.74, 6) is 2.24. The second-order valence-electron chi connectivity index (χ2n) is 9.40. The molecule has 4 aromatic carbocycles. The van der Waals surface area contributed by atoms with Gasteiger partial charge in [-0.25, -0.2) is 4.98 Å². The average Bonchev–Trinajstić information content (AvgIpc) is 3.62. The number of nitrogens with zero attached hydrogens (tertiary/aromatic N) is 3. The highest BCUT2D eigenvalue weighted by Gasteiger charge is 2.18. The van der Waals surface area contributed by atoms with E-state index >= 15 is 0 Å². The van der Waals surface area contributed by atoms with Gasteiger partial charge in [0, 0.05) is 10.4 Å². The number of ether oxygens (including phenoxy) is 3. The quantitative estimate of drug-likeness (QED) is 0.176. The van der Waals surface area contributed by atoms with E-state index in [9.17, 15) is 4.79 Å². The van der Waals surface area contributed by atoms with E-state index in [-0.39, 0.29) is 34.8 Å². The van der Waals surface area contributed by atoms with Gasteiger partial charge < -0.3 is 18.6 Å². The Morgan fingerprint density at radius 1 is 0.929 bits per heavy atom. The smallest absolute Gasteiger partial charge is 0.282 e. The van der Waals surface area contributed by atoms with Crippen LogP contribution in [0.1, 0.15) is 11.1 Å². The lowest BCUT2D eigenvalue weighted by atomic mass is 10.2. The summed E-state index contributed by atoms with van der Waals surface area (Å²) in [6, 6.07) is 22.9. The third-order valence-electron chi connectivity index (χ3n) is 6.62. The number of rotatable bonds is 6. The fourth-order valence-corrected chi connectivity index (χ4v) is 5.41. The van der Waals surface area contributed by atoms with E-state index in [1.54, 1.807) is 54.6 Å². The number of halogens is 3. The standard InChI is InChI=1S/C31H18Cl3N3O5/c32-20-6-8-25-19(12-20)13-28(42-25)30-36-24-4-2-1-3-21(24)31(38)37(30)35-14-18-9-22(33)29(23(34)10-18)39-15-17-5-7-26-27(11-17)41-16-40-26/h1-14H,15-16H2. The van der Waals surface area contributed by atoms with Crippen molar-refractivity contribution in [2.45, 2.75) is 6.61 Å². The molecule has 0 spiro atoms. The van der Waals surface area contributed by atoms with Crippen LogP contribution in [0.3, 0.4) is 0 Å². The van der Waals surface area contributed by atoms with Crippen LogP contribution in [0.15, 0.2) is 93.2 Å². The Labute approximate surface area is 253 Å². The van der Waals surface area contributed by atoms with Crippen LogP contribution >= 0.6 is 34.8 Å². The first-order valence-electron chi connectivity index (χ1n) is 12.7. The Morgan fingerprint density at radius 2 is 1.74 bits per heavy atom. The Bertz CT molecular complexity index is 2080. The predicted molar refractivity (Wildman–Crippen MR) is 163 cm³/mol. The monoisotopic (exact) mass is 617 g/mol. The molecule has 42 heavy (non-hydrogen) atoms. The van der Waals surface area contributed by atoms with Gasteiger partial charge >= 0.3 is 0 Å². The summed E-state index contributed by atoms with van der Waals surface area (Å²) >= 11 is 19.3. The Morgan fingerprint density at radius 3 is 2.60 bits per heavy atom. The highest BCUT2D eigenvalue weighted by Crippen LogP contribution is 2.36. The van der Waals surface area contributed by atoms with Gasteiger partial charge in [0.2, 0.25) is 12.6 Å². The molecule has 1 aliphatic rings. The second-order valence-corrected chi connectivity index (χ2v) is 10.6. The molecule has 0 atom stereocenters. The van der Waals surface area contributed by atoms with Gasteiger partial charge in [-0.2, -0.15) is 9.78 Å². The highest BCUT2D eigenvalue weighted by molar-refractivity contribution is 6.37. The zero-order valence-electron chi connectivity index (χ0n) is 21.5. The molecule has 7 rings (SSSR count). The molecule has 0 radical (unpaired) electrons. The lowest BCUT2D eigenvalue weighted by Gasteiger charge is -2.11. The minimum absolute atomic E-state index is 0.191. The van der Waals surface area contributed by atoms with Gasteiger partial charge in [-0.3, -0.25) is 4.79 Å². The molecule has 0 aliphatic carbocycles. The number of hydrogen-bond donors (Lipinski definition) is 0. The molecule has 11 heteroatoms. The molecule has 3 heterocycles. The predicted octanol–water partition coefficient (Wildman–Crippen LogP) is 7.96. The molecule has 208 valence electrons. The van der Waals surface area contributed by atoms with Crippen molar-refractivity contribution in [1.29, 1.82) is 0 Å². The number of hydrogen-bond acceptors (Lipinski definition) is 7. The van der Waals surface area contributed by atoms with E-state index in [4.69, 9.17) is 58.4 Å². The fourth-order valence-electron chi connectivity index (χ4n) is 4.62. The van der Waals surface area contributed by atoms with Crippen molar-refractivity contribution >= 4 is 62.9 Å². The van der Waals surface area contributed by atoms with Gasteiger partial charge in [0.15, 0.2) is 23.0 Å². The van der Waals surface area contributed by atoms with Gasteiger partial charge in [-0.1, -0.05) is 53.0 Å². The maximum Gasteiger partial charge on any atom is 0.282 e. The van der Waals surface area contributed by atoms with Crippen LogP contribution in [-0.2, 0) is 6.61 Å². The molecular weight excluding hydrogens is 601 g/mol. The van der Waals surface area contributed by atoms with E-state index in [1.807, 2.05) is 24.3 Å². The molecule has 0 amide bonds. The van der Waals surface area contributed by atoms with Crippen LogP contribution < -0.4 is 19.8 Å². The molecule has 0 fully saturated rings. The van der Waals surface area contributed by atoms with Crippen LogP contribution in [0.25, 0.3) is 33.5 Å². The van der Waals surface area contributed by atoms with Crippen molar-refractivity contribution in [3.63, 3.8) is 0 Å². The molecule has 0 unspecified atom stereocenters. The zero-order valence-corrected chi connectivity index (χ0v) is 23.8. The van der Waals surface area contributed by atoms with Crippen LogP contribution in [0.5, 0.6) is 17.2 Å². The summed E-state index contributed by atoms with van der Waals surface area (Å²) in [4.78, 5) is 18.2. The number of aromatic nitrogens is 2. The first-order chi connectivity index (χ1) is 20.4. The maximum atomic E-state index is 13.5. The molecule has 2 aromatic heterocycles. The first kappa shape index (κ1) is 26.4. The van der Waals surface area contributed by atoms with Crippen molar-refractivity contribution in [3.8, 4) is 28.8 Å². The average molecular weight is 619 g/mol. The third-order valence-corrected chi connectivity index (χ3v) is 7.41. The van der Waals surface area contributed by atoms with Gasteiger partial charge in [-0.15, -0.1) is 0 Å². The summed E-state index contributed by atoms with van der Waals surface area (Å²) in [5, 5.41) is 6.77. The zero-order chi connectivity index (χ0) is 28.8. The first-order valence-corrected chi connectivity index (χ1v) is 13.8. The lowest BCUT2D eigenvalue weighted by Crippen LogP contribution is -2.20. The summed E-state index contributed by atoms with van der Waals surface area (Å²) in [6.07, 6.45) is 1.47. The van der Waals surface area contributed by atoms with E-state index < -0.39 is 0 Å². The van der Waals surface area contributed by atoms with Crippen LogP contribution in [0.4, 0.5) is 0 Å². The summed E-state index contributed by atoms with van der Waals surface area (Å²) in [7, 11) is 0. The van der Waals surface area contributed by atoms with Gasteiger partial charge in [0.1, 0.15) is 12.2 Å². The van der Waals surface area contributed by atoms with Crippen molar-refractivity contribution in [1.82, 2.24) is 9.66 Å². The van der Waals surface area contributed by atoms with E-state index in [1.165, 1.54) is 10.9 Å². The third kappa shape index (κ3) is 4.94. The molecular formula is C31H18Cl3N3O5. The summed E-state index contributed by atoms with van der Waals surface area (Å²) < 4.78 is 23.9. The molecule has 1 aliphatic heterocycles. The van der Waals surface area contributed by atoms with Crippen molar-refractivity contribution in [2.75, 3.05) is 6.79 Å². The molecule has 6 aromatic rings. The molecule has 8 nitrogen and oxygen atoms in total. The molecule has 0 saturated heterocycles. The lowest BCUT2D eigenvalue weighted by molar-refractivity contribution is 0.174. The van der Waals surface area contributed by atoms with Crippen molar-refractivity contribution in [3.05, 3.63) is 115 Å². The fraction of sp³-hybridized carbons (Fsp3) is 0.0645. The minimum Gasteiger partial charge on any atom is -0.486 e. The highest BCUT2D eigenvalue weighted by atomic mass is 35.5. The van der Waals surface area contributed by atoms with Crippen molar-refractivity contribution < 1.29 is 18.6 Å². The van der Waals surface area contributed by atoms with Gasteiger partial charge in [0.25, 0.3) is 5.56 Å². The van der Waals surface area contributed by atoms with E-state index in [2.05, 4.69) is 5.10 Å². The van der Waals surface area contributed by atoms with Crippen LogP contribution in [0.2, 0.25) is 15.1 Å². The minimum atomic E-state index is -0.369. The number of benzene rings is 4. The molecule has 0 saturated carbocycles. The van der Waals surface area contributed by atoms with Crippen LogP contribution in [-0.4, -0.2) is 22.7 Å². The number of fused-ring (bicyclic) bond motifs is 3. The second kappa shape index (κ2) is 10.7.